The van der Waals surface area contributed by atoms with E-state index >= 15 is 0 Å². The number of halogens is 3. The maximum absolute atomic E-state index is 13.8. The minimum absolute atomic E-state index is 0.135. The first-order valence-corrected chi connectivity index (χ1v) is 10.2. The van der Waals surface area contributed by atoms with Crippen LogP contribution in [0.2, 0.25) is 0 Å². The number of aromatic nitrogens is 2. The van der Waals surface area contributed by atoms with E-state index in [-0.39, 0.29) is 30.0 Å². The molecule has 2 unspecified atom stereocenters. The van der Waals surface area contributed by atoms with Crippen LogP contribution in [0.15, 0.2) is 66.9 Å². The standard InChI is InChI=1S/C24H24F3N3O/c1-23(2,17-11-7-4-8-12-17)14-20(31)18-15-28-30-21(24(25,26)27)13-19(29-22(18)30)16-9-5-3-6-10-16/h3-12,15,19,21,29H,13-14H2,1-2H3. The molecule has 0 spiro atoms. The Morgan fingerprint density at radius 3 is 2.29 bits per heavy atom. The molecular formula is C24H24F3N3O. The van der Waals surface area contributed by atoms with Crippen molar-refractivity contribution in [1.29, 1.82) is 0 Å². The van der Waals surface area contributed by atoms with Gasteiger partial charge in [0.1, 0.15) is 5.82 Å². The monoisotopic (exact) mass is 427 g/mol. The summed E-state index contributed by atoms with van der Waals surface area (Å²) < 4.78 is 42.4. The Labute approximate surface area is 179 Å². The summed E-state index contributed by atoms with van der Waals surface area (Å²) in [6.45, 7) is 3.91. The molecule has 7 heteroatoms. The average Bonchev–Trinajstić information content (AvgIpc) is 3.17. The Kier molecular flexibility index (Phi) is 5.37. The summed E-state index contributed by atoms with van der Waals surface area (Å²) in [5, 5.41) is 7.12. The molecule has 0 saturated heterocycles. The fraction of sp³-hybridized carbons (Fsp3) is 0.333. The first kappa shape index (κ1) is 21.2. The molecule has 0 aliphatic carbocycles. The third-order valence-electron chi connectivity index (χ3n) is 5.90. The first-order valence-electron chi connectivity index (χ1n) is 10.2. The van der Waals surface area contributed by atoms with Crippen LogP contribution in [0.1, 0.15) is 60.3 Å². The Hall–Kier alpha value is -3.09. The molecule has 4 rings (SSSR count). The lowest BCUT2D eigenvalue weighted by Gasteiger charge is -2.34. The quantitative estimate of drug-likeness (QED) is 0.501. The second-order valence-corrected chi connectivity index (χ2v) is 8.60. The van der Waals surface area contributed by atoms with Gasteiger partial charge >= 0.3 is 6.18 Å². The zero-order valence-corrected chi connectivity index (χ0v) is 17.4. The number of rotatable bonds is 5. The van der Waals surface area contributed by atoms with Gasteiger partial charge in [-0.2, -0.15) is 18.3 Å². The predicted molar refractivity (Wildman–Crippen MR) is 113 cm³/mol. The molecule has 0 fully saturated rings. The van der Waals surface area contributed by atoms with Crippen LogP contribution in [-0.4, -0.2) is 21.7 Å². The SMILES string of the molecule is CC(C)(CC(=O)c1cnn2c1NC(c1ccccc1)CC2C(F)(F)F)c1ccccc1. The Bertz CT molecular complexity index is 1060. The third-order valence-corrected chi connectivity index (χ3v) is 5.90. The van der Waals surface area contributed by atoms with Gasteiger partial charge in [0.2, 0.25) is 0 Å². The molecular weight excluding hydrogens is 403 g/mol. The lowest BCUT2D eigenvalue weighted by Crippen LogP contribution is -2.36. The normalized spacial score (nSPS) is 18.9. The topological polar surface area (TPSA) is 46.9 Å². The minimum atomic E-state index is -4.47. The zero-order valence-electron chi connectivity index (χ0n) is 17.4. The van der Waals surface area contributed by atoms with Gasteiger partial charge in [-0.3, -0.25) is 4.79 Å². The molecule has 0 saturated carbocycles. The van der Waals surface area contributed by atoms with Crippen LogP contribution in [0.3, 0.4) is 0 Å². The van der Waals surface area contributed by atoms with Crippen molar-refractivity contribution in [2.45, 2.75) is 50.4 Å². The van der Waals surface area contributed by atoms with E-state index in [1.165, 1.54) is 6.20 Å². The van der Waals surface area contributed by atoms with Crippen LogP contribution in [0.4, 0.5) is 19.0 Å². The van der Waals surface area contributed by atoms with Crippen molar-refractivity contribution in [3.63, 3.8) is 0 Å². The van der Waals surface area contributed by atoms with E-state index in [9.17, 15) is 18.0 Å². The van der Waals surface area contributed by atoms with E-state index in [0.29, 0.717) is 0 Å². The van der Waals surface area contributed by atoms with E-state index < -0.39 is 23.7 Å². The van der Waals surface area contributed by atoms with Crippen LogP contribution >= 0.6 is 0 Å². The Balaban J connectivity index is 1.68. The van der Waals surface area contributed by atoms with Crippen LogP contribution in [-0.2, 0) is 5.41 Å². The number of alkyl halides is 3. The van der Waals surface area contributed by atoms with Crippen LogP contribution in [0, 0.1) is 0 Å². The van der Waals surface area contributed by atoms with E-state index in [1.54, 1.807) is 24.3 Å². The number of carbonyl (C=O) groups excluding carboxylic acids is 1. The molecule has 2 aromatic carbocycles. The van der Waals surface area contributed by atoms with Gasteiger partial charge in [-0.1, -0.05) is 74.5 Å². The van der Waals surface area contributed by atoms with Crippen LogP contribution < -0.4 is 5.32 Å². The van der Waals surface area contributed by atoms with Gasteiger partial charge in [0.25, 0.3) is 0 Å². The van der Waals surface area contributed by atoms with Gasteiger partial charge < -0.3 is 5.32 Å². The summed E-state index contributed by atoms with van der Waals surface area (Å²) in [4.78, 5) is 13.2. The summed E-state index contributed by atoms with van der Waals surface area (Å²) in [5.74, 6) is -0.103. The maximum atomic E-state index is 13.8. The van der Waals surface area contributed by atoms with E-state index in [4.69, 9.17) is 0 Å². The van der Waals surface area contributed by atoms with Crippen molar-refractivity contribution in [2.24, 2.45) is 0 Å². The second-order valence-electron chi connectivity index (χ2n) is 8.60. The predicted octanol–water partition coefficient (Wildman–Crippen LogP) is 6.09. The number of Topliss-reactive ketones (excluding diaryl/α,β-unsaturated/α-hetero) is 1. The van der Waals surface area contributed by atoms with Crippen molar-refractivity contribution < 1.29 is 18.0 Å². The summed E-state index contributed by atoms with van der Waals surface area (Å²) in [5.41, 5.74) is 1.46. The summed E-state index contributed by atoms with van der Waals surface area (Å²) in [7, 11) is 0. The number of hydrogen-bond acceptors (Lipinski definition) is 3. The molecule has 1 aromatic heterocycles. The van der Waals surface area contributed by atoms with Crippen molar-refractivity contribution in [1.82, 2.24) is 9.78 Å². The first-order chi connectivity index (χ1) is 14.7. The number of carbonyl (C=O) groups is 1. The summed E-state index contributed by atoms with van der Waals surface area (Å²) in [6, 6.07) is 16.2. The van der Waals surface area contributed by atoms with Gasteiger partial charge in [0, 0.05) is 12.8 Å². The average molecular weight is 427 g/mol. The number of benzene rings is 2. The van der Waals surface area contributed by atoms with Gasteiger partial charge in [-0.15, -0.1) is 0 Å². The lowest BCUT2D eigenvalue weighted by atomic mass is 9.79. The number of fused-ring (bicyclic) bond motifs is 1. The minimum Gasteiger partial charge on any atom is -0.363 e. The summed E-state index contributed by atoms with van der Waals surface area (Å²) in [6.07, 6.45) is -3.24. The third kappa shape index (κ3) is 4.22. The molecule has 1 aliphatic rings. The maximum Gasteiger partial charge on any atom is 0.410 e. The molecule has 0 bridgehead atoms. The van der Waals surface area contributed by atoms with Crippen molar-refractivity contribution >= 4 is 11.6 Å². The van der Waals surface area contributed by atoms with Gasteiger partial charge in [0.05, 0.1) is 17.8 Å². The fourth-order valence-corrected chi connectivity index (χ4v) is 4.16. The fourth-order valence-electron chi connectivity index (χ4n) is 4.16. The van der Waals surface area contributed by atoms with Crippen molar-refractivity contribution in [2.75, 3.05) is 5.32 Å². The smallest absolute Gasteiger partial charge is 0.363 e. The highest BCUT2D eigenvalue weighted by atomic mass is 19.4. The zero-order chi connectivity index (χ0) is 22.2. The highest BCUT2D eigenvalue weighted by molar-refractivity contribution is 6.01. The van der Waals surface area contributed by atoms with E-state index in [1.807, 2.05) is 50.2 Å². The lowest BCUT2D eigenvalue weighted by molar-refractivity contribution is -0.173. The molecule has 1 aliphatic heterocycles. The Morgan fingerprint density at radius 2 is 1.68 bits per heavy atom. The molecule has 3 aromatic rings. The molecule has 1 N–H and O–H groups in total. The molecule has 31 heavy (non-hydrogen) atoms. The highest BCUT2D eigenvalue weighted by Gasteiger charge is 2.47. The molecule has 2 atom stereocenters. The molecule has 162 valence electrons. The second kappa shape index (κ2) is 7.87. The van der Waals surface area contributed by atoms with Gasteiger partial charge in [-0.05, 0) is 16.5 Å². The van der Waals surface area contributed by atoms with E-state index in [0.717, 1.165) is 15.8 Å². The van der Waals surface area contributed by atoms with Crippen molar-refractivity contribution in [3.8, 4) is 0 Å². The molecule has 0 amide bonds. The highest BCUT2D eigenvalue weighted by Crippen LogP contribution is 2.44. The van der Waals surface area contributed by atoms with Gasteiger partial charge in [-0.25, -0.2) is 4.68 Å². The number of nitrogens with zero attached hydrogens (tertiary/aromatic N) is 2. The number of nitrogens with one attached hydrogen (secondary N) is 1. The number of anilines is 1. The van der Waals surface area contributed by atoms with Crippen LogP contribution in [0.25, 0.3) is 0 Å². The number of hydrogen-bond donors (Lipinski definition) is 1. The van der Waals surface area contributed by atoms with Crippen LogP contribution in [0.5, 0.6) is 0 Å². The molecule has 0 radical (unpaired) electrons. The summed E-state index contributed by atoms with van der Waals surface area (Å²) >= 11 is 0. The molecule has 2 heterocycles. The number of ketones is 1. The van der Waals surface area contributed by atoms with E-state index in [2.05, 4.69) is 10.4 Å². The molecule has 4 nitrogen and oxygen atoms in total. The largest absolute Gasteiger partial charge is 0.410 e. The van der Waals surface area contributed by atoms with Gasteiger partial charge in [0.15, 0.2) is 11.8 Å². The Morgan fingerprint density at radius 1 is 1.06 bits per heavy atom. The van der Waals surface area contributed by atoms with Crippen molar-refractivity contribution in [3.05, 3.63) is 83.6 Å².